The minimum Gasteiger partial charge on any atom is -0.494 e. The number of fused-ring (bicyclic) bond motifs is 2. The van der Waals surface area contributed by atoms with Crippen molar-refractivity contribution in [3.05, 3.63) is 102 Å². The van der Waals surface area contributed by atoms with Gasteiger partial charge in [-0.1, -0.05) is 48.5 Å². The van der Waals surface area contributed by atoms with E-state index in [0.29, 0.717) is 13.2 Å². The van der Waals surface area contributed by atoms with Crippen LogP contribution in [-0.2, 0) is 13.2 Å². The Labute approximate surface area is 194 Å². The summed E-state index contributed by atoms with van der Waals surface area (Å²) in [5, 5.41) is 2.38. The molecule has 1 heterocycles. The zero-order valence-corrected chi connectivity index (χ0v) is 19.1. The molecule has 0 aliphatic heterocycles. The van der Waals surface area contributed by atoms with E-state index in [-0.39, 0.29) is 0 Å². The maximum Gasteiger partial charge on any atom is 0.147 e. The molecule has 0 amide bonds. The molecule has 33 heavy (non-hydrogen) atoms. The van der Waals surface area contributed by atoms with Crippen molar-refractivity contribution < 1.29 is 9.47 Å². The van der Waals surface area contributed by atoms with Crippen LogP contribution in [0, 0.1) is 13.8 Å². The number of para-hydroxylation sites is 2. The fourth-order valence-corrected chi connectivity index (χ4v) is 4.11. The molecule has 0 saturated carbocycles. The van der Waals surface area contributed by atoms with Crippen LogP contribution in [0.3, 0.4) is 0 Å². The minimum absolute atomic E-state index is 0.422. The summed E-state index contributed by atoms with van der Waals surface area (Å²) in [6.07, 6.45) is 0.885. The predicted molar refractivity (Wildman–Crippen MR) is 134 cm³/mol. The highest BCUT2D eigenvalue weighted by atomic mass is 16.5. The van der Waals surface area contributed by atoms with Gasteiger partial charge in [-0.2, -0.15) is 0 Å². The van der Waals surface area contributed by atoms with Crippen LogP contribution >= 0.6 is 0 Å². The Kier molecular flexibility index (Phi) is 5.99. The molecule has 0 unspecified atom stereocenters. The van der Waals surface area contributed by atoms with Crippen LogP contribution in [-0.4, -0.2) is 16.2 Å². The Bertz CT molecular complexity index is 1400. The van der Waals surface area contributed by atoms with Crippen molar-refractivity contribution in [2.45, 2.75) is 33.4 Å². The van der Waals surface area contributed by atoms with E-state index in [0.717, 1.165) is 41.3 Å². The normalized spacial score (nSPS) is 11.2. The van der Waals surface area contributed by atoms with Gasteiger partial charge in [0.15, 0.2) is 0 Å². The number of benzene rings is 4. The van der Waals surface area contributed by atoms with E-state index in [2.05, 4.69) is 79.1 Å². The lowest BCUT2D eigenvalue weighted by Crippen LogP contribution is -2.10. The molecule has 0 spiro atoms. The first-order valence-corrected chi connectivity index (χ1v) is 11.4. The van der Waals surface area contributed by atoms with E-state index in [1.807, 2.05) is 24.3 Å². The van der Waals surface area contributed by atoms with Gasteiger partial charge in [0.2, 0.25) is 0 Å². The summed E-state index contributed by atoms with van der Waals surface area (Å²) < 4.78 is 14.4. The van der Waals surface area contributed by atoms with Crippen molar-refractivity contribution in [1.82, 2.24) is 9.55 Å². The summed E-state index contributed by atoms with van der Waals surface area (Å²) >= 11 is 0. The van der Waals surface area contributed by atoms with Gasteiger partial charge in [0.1, 0.15) is 23.9 Å². The fraction of sp³-hybridized carbons (Fsp3) is 0.207. The van der Waals surface area contributed by atoms with E-state index >= 15 is 0 Å². The lowest BCUT2D eigenvalue weighted by atomic mass is 10.1. The molecule has 0 saturated heterocycles. The Hall–Kier alpha value is -3.79. The van der Waals surface area contributed by atoms with Gasteiger partial charge in [-0.05, 0) is 78.6 Å². The van der Waals surface area contributed by atoms with Crippen LogP contribution in [0.5, 0.6) is 11.5 Å². The summed E-state index contributed by atoms with van der Waals surface area (Å²) in [5.74, 6) is 2.70. The maximum atomic E-state index is 6.16. The average molecular weight is 437 g/mol. The average Bonchev–Trinajstić information content (AvgIpc) is 3.20. The Morgan fingerprint density at radius 3 is 2.36 bits per heavy atom. The van der Waals surface area contributed by atoms with E-state index in [9.17, 15) is 0 Å². The van der Waals surface area contributed by atoms with Gasteiger partial charge in [0, 0.05) is 6.54 Å². The summed E-state index contributed by atoms with van der Waals surface area (Å²) in [6.45, 7) is 6.12. The molecule has 0 radical (unpaired) electrons. The molecule has 0 aliphatic carbocycles. The van der Waals surface area contributed by atoms with Gasteiger partial charge >= 0.3 is 0 Å². The molecule has 4 aromatic carbocycles. The fourth-order valence-electron chi connectivity index (χ4n) is 4.11. The molecule has 5 rings (SSSR count). The standard InChI is InChI=1S/C29H28N2O2/c1-21-12-14-25(18-22(21)2)32-17-7-16-31-28-11-6-5-10-27(28)30-29(31)20-33-26-15-13-23-8-3-4-9-24(23)19-26/h3-6,8-15,18-19H,7,16-17,20H2,1-2H3. The van der Waals surface area contributed by atoms with Gasteiger partial charge in [-0.25, -0.2) is 4.98 Å². The second kappa shape index (κ2) is 9.37. The monoisotopic (exact) mass is 436 g/mol. The van der Waals surface area contributed by atoms with E-state index in [4.69, 9.17) is 14.5 Å². The largest absolute Gasteiger partial charge is 0.494 e. The van der Waals surface area contributed by atoms with Crippen LogP contribution in [0.4, 0.5) is 0 Å². The third-order valence-corrected chi connectivity index (χ3v) is 6.10. The zero-order chi connectivity index (χ0) is 22.6. The predicted octanol–water partition coefficient (Wildman–Crippen LogP) is 6.85. The molecule has 4 heteroatoms. The van der Waals surface area contributed by atoms with Crippen molar-refractivity contribution in [3.8, 4) is 11.5 Å². The van der Waals surface area contributed by atoms with E-state index < -0.39 is 0 Å². The summed E-state index contributed by atoms with van der Waals surface area (Å²) in [7, 11) is 0. The van der Waals surface area contributed by atoms with Crippen molar-refractivity contribution in [2.24, 2.45) is 0 Å². The third-order valence-electron chi connectivity index (χ3n) is 6.10. The number of aryl methyl sites for hydroxylation is 3. The first kappa shape index (κ1) is 21.1. The Morgan fingerprint density at radius 1 is 0.727 bits per heavy atom. The van der Waals surface area contributed by atoms with Gasteiger partial charge in [-0.15, -0.1) is 0 Å². The van der Waals surface area contributed by atoms with Crippen LogP contribution in [0.25, 0.3) is 21.8 Å². The quantitative estimate of drug-likeness (QED) is 0.249. The summed E-state index contributed by atoms with van der Waals surface area (Å²) in [5.41, 5.74) is 4.65. The van der Waals surface area contributed by atoms with Crippen LogP contribution < -0.4 is 9.47 Å². The number of rotatable bonds is 8. The molecule has 0 fully saturated rings. The summed E-state index contributed by atoms with van der Waals surface area (Å²) in [6, 6.07) is 29.0. The lowest BCUT2D eigenvalue weighted by Gasteiger charge is -2.12. The second-order valence-electron chi connectivity index (χ2n) is 8.41. The van der Waals surface area contributed by atoms with Crippen LogP contribution in [0.1, 0.15) is 23.4 Å². The van der Waals surface area contributed by atoms with Gasteiger partial charge < -0.3 is 14.0 Å². The van der Waals surface area contributed by atoms with Crippen molar-refractivity contribution in [1.29, 1.82) is 0 Å². The van der Waals surface area contributed by atoms with Crippen molar-refractivity contribution in [3.63, 3.8) is 0 Å². The number of hydrogen-bond donors (Lipinski definition) is 0. The number of ether oxygens (including phenoxy) is 2. The smallest absolute Gasteiger partial charge is 0.147 e. The topological polar surface area (TPSA) is 36.3 Å². The molecule has 0 bridgehead atoms. The van der Waals surface area contributed by atoms with Crippen LogP contribution in [0.15, 0.2) is 84.9 Å². The Balaban J connectivity index is 1.28. The number of aromatic nitrogens is 2. The molecule has 166 valence electrons. The number of hydrogen-bond acceptors (Lipinski definition) is 3. The summed E-state index contributed by atoms with van der Waals surface area (Å²) in [4.78, 5) is 4.85. The zero-order valence-electron chi connectivity index (χ0n) is 19.1. The molecular formula is C29H28N2O2. The molecule has 0 atom stereocenters. The molecule has 5 aromatic rings. The van der Waals surface area contributed by atoms with Gasteiger partial charge in [-0.3, -0.25) is 0 Å². The Morgan fingerprint density at radius 2 is 1.48 bits per heavy atom. The second-order valence-corrected chi connectivity index (χ2v) is 8.41. The molecule has 1 aromatic heterocycles. The van der Waals surface area contributed by atoms with E-state index in [1.165, 1.54) is 21.9 Å². The van der Waals surface area contributed by atoms with Crippen LogP contribution in [0.2, 0.25) is 0 Å². The van der Waals surface area contributed by atoms with Gasteiger partial charge in [0.25, 0.3) is 0 Å². The minimum atomic E-state index is 0.422. The number of nitrogens with zero attached hydrogens (tertiary/aromatic N) is 2. The van der Waals surface area contributed by atoms with Gasteiger partial charge in [0.05, 0.1) is 17.6 Å². The van der Waals surface area contributed by atoms with Crippen molar-refractivity contribution in [2.75, 3.05) is 6.61 Å². The third kappa shape index (κ3) is 4.70. The molecular weight excluding hydrogens is 408 g/mol. The SMILES string of the molecule is Cc1ccc(OCCCn2c(COc3ccc4ccccc4c3)nc3ccccc32)cc1C. The first-order valence-electron chi connectivity index (χ1n) is 11.4. The number of imidazole rings is 1. The molecule has 0 aliphatic rings. The first-order chi connectivity index (χ1) is 16.2. The van der Waals surface area contributed by atoms with Crippen molar-refractivity contribution >= 4 is 21.8 Å². The highest BCUT2D eigenvalue weighted by molar-refractivity contribution is 5.83. The maximum absolute atomic E-state index is 6.16. The molecule has 0 N–H and O–H groups in total. The van der Waals surface area contributed by atoms with E-state index in [1.54, 1.807) is 0 Å². The lowest BCUT2D eigenvalue weighted by molar-refractivity contribution is 0.280. The molecule has 4 nitrogen and oxygen atoms in total. The highest BCUT2D eigenvalue weighted by Crippen LogP contribution is 2.23. The highest BCUT2D eigenvalue weighted by Gasteiger charge is 2.11.